The van der Waals surface area contributed by atoms with Gasteiger partial charge in [0.2, 0.25) is 5.65 Å². The number of hydrogen-bond acceptors (Lipinski definition) is 7. The minimum atomic E-state index is 0.848. The van der Waals surface area contributed by atoms with E-state index in [1.54, 1.807) is 6.33 Å². The molecule has 26 heavy (non-hydrogen) atoms. The molecule has 4 heterocycles. The van der Waals surface area contributed by atoms with Crippen molar-refractivity contribution in [3.05, 3.63) is 35.8 Å². The maximum absolute atomic E-state index is 4.59. The fourth-order valence-electron chi connectivity index (χ4n) is 4.07. The van der Waals surface area contributed by atoms with Gasteiger partial charge in [-0.2, -0.15) is 0 Å². The predicted octanol–water partition coefficient (Wildman–Crippen LogP) is 1.29. The Morgan fingerprint density at radius 1 is 0.923 bits per heavy atom. The van der Waals surface area contributed by atoms with Crippen LogP contribution < -0.4 is 9.80 Å². The average molecular weight is 350 g/mol. The van der Waals surface area contributed by atoms with E-state index >= 15 is 0 Å². The fourth-order valence-corrected chi connectivity index (χ4v) is 4.07. The van der Waals surface area contributed by atoms with Crippen molar-refractivity contribution >= 4 is 17.3 Å². The van der Waals surface area contributed by atoms with Gasteiger partial charge in [-0.1, -0.05) is 6.92 Å². The zero-order valence-electron chi connectivity index (χ0n) is 15.0. The predicted molar refractivity (Wildman–Crippen MR) is 98.6 cm³/mol. The lowest BCUT2D eigenvalue weighted by Gasteiger charge is -2.36. The van der Waals surface area contributed by atoms with Crippen molar-refractivity contribution in [2.45, 2.75) is 32.6 Å². The molecular formula is C18H22N8. The van der Waals surface area contributed by atoms with Crippen LogP contribution >= 0.6 is 0 Å². The van der Waals surface area contributed by atoms with Gasteiger partial charge in [-0.15, -0.1) is 10.2 Å². The molecule has 0 spiro atoms. The van der Waals surface area contributed by atoms with Crippen molar-refractivity contribution in [1.29, 1.82) is 0 Å². The summed E-state index contributed by atoms with van der Waals surface area (Å²) in [5, 5.41) is 8.65. The number of rotatable bonds is 3. The second-order valence-electron chi connectivity index (χ2n) is 6.86. The molecule has 8 heteroatoms. The van der Waals surface area contributed by atoms with Crippen LogP contribution in [0.5, 0.6) is 0 Å². The summed E-state index contributed by atoms with van der Waals surface area (Å²) in [6, 6.07) is 0. The SMILES string of the molecule is CCc1nnc2c(N3CCN(c4ncnc5c4CCC5)CC3)nccn12. The molecule has 2 aliphatic rings. The highest BCUT2D eigenvalue weighted by Crippen LogP contribution is 2.29. The third-order valence-corrected chi connectivity index (χ3v) is 5.43. The minimum Gasteiger partial charge on any atom is -0.353 e. The number of piperazine rings is 1. The smallest absolute Gasteiger partial charge is 0.203 e. The number of anilines is 2. The fraction of sp³-hybridized carbons (Fsp3) is 0.500. The third kappa shape index (κ3) is 2.40. The molecule has 1 aliphatic heterocycles. The van der Waals surface area contributed by atoms with Gasteiger partial charge < -0.3 is 9.80 Å². The van der Waals surface area contributed by atoms with Gasteiger partial charge in [-0.3, -0.25) is 4.40 Å². The van der Waals surface area contributed by atoms with Crippen LogP contribution in [0, 0.1) is 0 Å². The van der Waals surface area contributed by atoms with Crippen LogP contribution in [0.1, 0.15) is 30.4 Å². The molecule has 0 aromatic carbocycles. The van der Waals surface area contributed by atoms with Crippen molar-refractivity contribution in [2.24, 2.45) is 0 Å². The lowest BCUT2D eigenvalue weighted by molar-refractivity contribution is 0.638. The molecule has 0 saturated carbocycles. The number of aryl methyl sites for hydroxylation is 2. The Kier molecular flexibility index (Phi) is 3.69. The summed E-state index contributed by atoms with van der Waals surface area (Å²) in [5.41, 5.74) is 3.44. The summed E-state index contributed by atoms with van der Waals surface area (Å²) >= 11 is 0. The molecule has 0 radical (unpaired) electrons. The second-order valence-corrected chi connectivity index (χ2v) is 6.86. The van der Waals surface area contributed by atoms with Crippen LogP contribution in [-0.4, -0.2) is 55.7 Å². The van der Waals surface area contributed by atoms with Gasteiger partial charge in [0.1, 0.15) is 18.0 Å². The first kappa shape index (κ1) is 15.5. The number of hydrogen-bond donors (Lipinski definition) is 0. The second kappa shape index (κ2) is 6.19. The molecule has 8 nitrogen and oxygen atoms in total. The summed E-state index contributed by atoms with van der Waals surface area (Å²) in [5.74, 6) is 3.03. The highest BCUT2D eigenvalue weighted by Gasteiger charge is 2.26. The summed E-state index contributed by atoms with van der Waals surface area (Å²) in [7, 11) is 0. The van der Waals surface area contributed by atoms with E-state index in [1.807, 2.05) is 16.8 Å². The topological polar surface area (TPSA) is 75.3 Å². The number of aromatic nitrogens is 6. The van der Waals surface area contributed by atoms with Crippen LogP contribution in [0.15, 0.2) is 18.7 Å². The van der Waals surface area contributed by atoms with Crippen molar-refractivity contribution in [3.63, 3.8) is 0 Å². The molecule has 0 N–H and O–H groups in total. The van der Waals surface area contributed by atoms with Gasteiger partial charge in [0.15, 0.2) is 5.82 Å². The average Bonchev–Trinajstić information content (AvgIpc) is 3.34. The Bertz CT molecular complexity index is 942. The van der Waals surface area contributed by atoms with Gasteiger partial charge >= 0.3 is 0 Å². The van der Waals surface area contributed by atoms with E-state index in [2.05, 4.69) is 41.9 Å². The highest BCUT2D eigenvalue weighted by molar-refractivity contribution is 5.64. The maximum atomic E-state index is 4.59. The summed E-state index contributed by atoms with van der Waals surface area (Å²) < 4.78 is 2.05. The zero-order chi connectivity index (χ0) is 17.5. The normalized spacial score (nSPS) is 17.1. The molecule has 3 aromatic rings. The molecule has 3 aromatic heterocycles. The van der Waals surface area contributed by atoms with Gasteiger partial charge in [-0.05, 0) is 19.3 Å². The van der Waals surface area contributed by atoms with Crippen LogP contribution in [-0.2, 0) is 19.3 Å². The Balaban J connectivity index is 1.38. The molecule has 5 rings (SSSR count). The van der Waals surface area contributed by atoms with Crippen LogP contribution in [0.2, 0.25) is 0 Å². The minimum absolute atomic E-state index is 0.848. The lowest BCUT2D eigenvalue weighted by Crippen LogP contribution is -2.47. The first-order valence-corrected chi connectivity index (χ1v) is 9.36. The summed E-state index contributed by atoms with van der Waals surface area (Å²) in [6.07, 6.45) is 9.75. The van der Waals surface area contributed by atoms with Crippen molar-refractivity contribution in [2.75, 3.05) is 36.0 Å². The van der Waals surface area contributed by atoms with Crippen molar-refractivity contribution in [3.8, 4) is 0 Å². The van der Waals surface area contributed by atoms with Gasteiger partial charge in [0, 0.05) is 56.3 Å². The van der Waals surface area contributed by atoms with Crippen molar-refractivity contribution < 1.29 is 0 Å². The Morgan fingerprint density at radius 3 is 2.54 bits per heavy atom. The van der Waals surface area contributed by atoms with Gasteiger partial charge in [0.05, 0.1) is 0 Å². The molecule has 0 unspecified atom stereocenters. The quantitative estimate of drug-likeness (QED) is 0.704. The third-order valence-electron chi connectivity index (χ3n) is 5.43. The molecule has 134 valence electrons. The van der Waals surface area contributed by atoms with Gasteiger partial charge in [0.25, 0.3) is 0 Å². The van der Waals surface area contributed by atoms with Crippen LogP contribution in [0.3, 0.4) is 0 Å². The molecule has 0 amide bonds. The number of nitrogens with zero attached hydrogens (tertiary/aromatic N) is 8. The molecule has 0 bridgehead atoms. The molecule has 0 atom stereocenters. The first-order valence-electron chi connectivity index (χ1n) is 9.36. The summed E-state index contributed by atoms with van der Waals surface area (Å²) in [6.45, 7) is 5.76. The Morgan fingerprint density at radius 2 is 1.73 bits per heavy atom. The van der Waals surface area contributed by atoms with E-state index in [-0.39, 0.29) is 0 Å². The standard InChI is InChI=1S/C18H22N8/c1-2-15-22-23-18-17(19-6-7-26(15)18)25-10-8-24(9-11-25)16-13-4-3-5-14(13)20-12-21-16/h6-7,12H,2-5,8-11H2,1H3. The summed E-state index contributed by atoms with van der Waals surface area (Å²) in [4.78, 5) is 18.3. The zero-order valence-corrected chi connectivity index (χ0v) is 15.0. The monoisotopic (exact) mass is 350 g/mol. The lowest BCUT2D eigenvalue weighted by atomic mass is 10.2. The van der Waals surface area contributed by atoms with Crippen LogP contribution in [0.4, 0.5) is 11.6 Å². The first-order chi connectivity index (χ1) is 12.8. The highest BCUT2D eigenvalue weighted by atomic mass is 15.3. The number of fused-ring (bicyclic) bond motifs is 2. The molecule has 1 aliphatic carbocycles. The van der Waals surface area contributed by atoms with E-state index < -0.39 is 0 Å². The van der Waals surface area contributed by atoms with Gasteiger partial charge in [-0.25, -0.2) is 15.0 Å². The van der Waals surface area contributed by atoms with Crippen molar-refractivity contribution in [1.82, 2.24) is 29.5 Å². The van der Waals surface area contributed by atoms with Crippen LogP contribution in [0.25, 0.3) is 5.65 Å². The Labute approximate surface area is 151 Å². The van der Waals surface area contributed by atoms with E-state index in [9.17, 15) is 0 Å². The maximum Gasteiger partial charge on any atom is 0.203 e. The largest absolute Gasteiger partial charge is 0.353 e. The van der Waals surface area contributed by atoms with E-state index in [0.717, 1.165) is 68.5 Å². The van der Waals surface area contributed by atoms with E-state index in [1.165, 1.54) is 17.7 Å². The molecular weight excluding hydrogens is 328 g/mol. The van der Waals surface area contributed by atoms with E-state index in [4.69, 9.17) is 0 Å². The molecule has 1 saturated heterocycles. The molecule has 1 fully saturated rings. The van der Waals surface area contributed by atoms with E-state index in [0.29, 0.717) is 0 Å². The Hall–Kier alpha value is -2.77.